The maximum Gasteiger partial charge on any atom is 0.337 e. The average Bonchev–Trinajstić information content (AvgIpc) is 3.18. The molecule has 5 heteroatoms. The largest absolute Gasteiger partial charge is 0.478 e. The summed E-state index contributed by atoms with van der Waals surface area (Å²) in [6, 6.07) is 24.7. The first kappa shape index (κ1) is 18.8. The van der Waals surface area contributed by atoms with Crippen LogP contribution in [0.25, 0.3) is 22.4 Å². The number of carbonyl (C=O) groups is 2. The fourth-order valence-corrected chi connectivity index (χ4v) is 4.06. The first-order chi connectivity index (χ1) is 15.1. The normalized spacial score (nSPS) is 11.5. The van der Waals surface area contributed by atoms with Crippen LogP contribution < -0.4 is 5.32 Å². The van der Waals surface area contributed by atoms with Crippen LogP contribution in [-0.2, 0) is 6.42 Å². The standard InChI is InChI=1S/C26H18N2O3/c29-25(21-12-6-11-20-19-10-5-4-9-17(19)13-22(20)21)28-23-14-18(26(30)31)15-27-24(23)16-7-2-1-3-8-16/h1-12,14-15H,13H2,(H,28,29)(H,30,31). The second-order valence-corrected chi connectivity index (χ2v) is 7.41. The molecule has 5 rings (SSSR count). The number of amides is 1. The molecule has 150 valence electrons. The monoisotopic (exact) mass is 406 g/mol. The van der Waals surface area contributed by atoms with Gasteiger partial charge < -0.3 is 10.4 Å². The molecule has 1 amide bonds. The number of nitrogens with one attached hydrogen (secondary N) is 1. The number of benzene rings is 3. The van der Waals surface area contributed by atoms with Crippen molar-refractivity contribution in [2.75, 3.05) is 5.32 Å². The van der Waals surface area contributed by atoms with E-state index in [-0.39, 0.29) is 11.5 Å². The number of rotatable bonds is 4. The Hall–Kier alpha value is -4.25. The van der Waals surface area contributed by atoms with E-state index in [1.807, 2.05) is 54.6 Å². The van der Waals surface area contributed by atoms with Crippen LogP contribution in [-0.4, -0.2) is 22.0 Å². The van der Waals surface area contributed by atoms with Gasteiger partial charge >= 0.3 is 5.97 Å². The van der Waals surface area contributed by atoms with Gasteiger partial charge in [0.05, 0.1) is 16.9 Å². The Kier molecular flexibility index (Phi) is 4.56. The molecule has 1 aromatic heterocycles. The summed E-state index contributed by atoms with van der Waals surface area (Å²) in [6.07, 6.45) is 1.99. The van der Waals surface area contributed by atoms with Crippen molar-refractivity contribution in [2.24, 2.45) is 0 Å². The number of hydrogen-bond acceptors (Lipinski definition) is 3. The third kappa shape index (κ3) is 3.36. The smallest absolute Gasteiger partial charge is 0.337 e. The Balaban J connectivity index is 1.55. The topological polar surface area (TPSA) is 79.3 Å². The number of anilines is 1. The molecule has 1 aliphatic rings. The van der Waals surface area contributed by atoms with Crippen LogP contribution in [0.4, 0.5) is 5.69 Å². The highest BCUT2D eigenvalue weighted by atomic mass is 16.4. The zero-order valence-corrected chi connectivity index (χ0v) is 16.5. The van der Waals surface area contributed by atoms with Crippen molar-refractivity contribution in [3.05, 3.63) is 107 Å². The SMILES string of the molecule is O=C(O)c1cnc(-c2ccccc2)c(NC(=O)c2cccc3c2Cc2ccccc2-3)c1. The highest BCUT2D eigenvalue weighted by Crippen LogP contribution is 2.38. The van der Waals surface area contributed by atoms with E-state index in [0.717, 1.165) is 22.3 Å². The molecular weight excluding hydrogens is 388 g/mol. The Bertz CT molecular complexity index is 1330. The fourth-order valence-electron chi connectivity index (χ4n) is 4.06. The minimum atomic E-state index is -1.10. The van der Waals surface area contributed by atoms with Gasteiger partial charge in [0.2, 0.25) is 0 Å². The zero-order valence-electron chi connectivity index (χ0n) is 16.5. The van der Waals surface area contributed by atoms with Crippen LogP contribution in [0.1, 0.15) is 31.8 Å². The van der Waals surface area contributed by atoms with Gasteiger partial charge in [-0.05, 0) is 40.8 Å². The maximum absolute atomic E-state index is 13.3. The summed E-state index contributed by atoms with van der Waals surface area (Å²) in [5, 5.41) is 12.3. The summed E-state index contributed by atoms with van der Waals surface area (Å²) in [7, 11) is 0. The second kappa shape index (κ2) is 7.54. The Morgan fingerprint density at radius 1 is 0.871 bits per heavy atom. The maximum atomic E-state index is 13.3. The Labute approximate surface area is 179 Å². The van der Waals surface area contributed by atoms with Gasteiger partial charge in [-0.2, -0.15) is 0 Å². The number of pyridine rings is 1. The quantitative estimate of drug-likeness (QED) is 0.426. The van der Waals surface area contributed by atoms with E-state index in [4.69, 9.17) is 0 Å². The summed E-state index contributed by atoms with van der Waals surface area (Å²) < 4.78 is 0. The molecular formula is C26H18N2O3. The van der Waals surface area contributed by atoms with Gasteiger partial charge in [-0.15, -0.1) is 0 Å². The lowest BCUT2D eigenvalue weighted by atomic mass is 10.0. The van der Waals surface area contributed by atoms with E-state index in [9.17, 15) is 14.7 Å². The van der Waals surface area contributed by atoms with Crippen LogP contribution in [0.15, 0.2) is 85.1 Å². The molecule has 0 unspecified atom stereocenters. The van der Waals surface area contributed by atoms with E-state index in [1.54, 1.807) is 6.07 Å². The van der Waals surface area contributed by atoms with Crippen molar-refractivity contribution in [1.82, 2.24) is 4.98 Å². The summed E-state index contributed by atoms with van der Waals surface area (Å²) in [5.41, 5.74) is 6.64. The third-order valence-electron chi connectivity index (χ3n) is 5.53. The predicted octanol–water partition coefficient (Wildman–Crippen LogP) is 5.27. The molecule has 5 nitrogen and oxygen atoms in total. The van der Waals surface area contributed by atoms with Gasteiger partial charge in [-0.1, -0.05) is 66.7 Å². The van der Waals surface area contributed by atoms with E-state index in [1.165, 1.54) is 17.8 Å². The second-order valence-electron chi connectivity index (χ2n) is 7.41. The zero-order chi connectivity index (χ0) is 21.4. The van der Waals surface area contributed by atoms with E-state index < -0.39 is 5.97 Å². The number of aromatic nitrogens is 1. The Morgan fingerprint density at radius 3 is 2.42 bits per heavy atom. The number of fused-ring (bicyclic) bond motifs is 3. The molecule has 0 saturated heterocycles. The number of nitrogens with zero attached hydrogens (tertiary/aromatic N) is 1. The minimum absolute atomic E-state index is 0.0145. The molecule has 1 heterocycles. The molecule has 2 N–H and O–H groups in total. The van der Waals surface area contributed by atoms with Gasteiger partial charge in [0, 0.05) is 17.3 Å². The van der Waals surface area contributed by atoms with Crippen LogP contribution >= 0.6 is 0 Å². The molecule has 0 radical (unpaired) electrons. The van der Waals surface area contributed by atoms with Crippen LogP contribution in [0, 0.1) is 0 Å². The Morgan fingerprint density at radius 2 is 1.61 bits per heavy atom. The molecule has 0 saturated carbocycles. The van der Waals surface area contributed by atoms with Crippen molar-refractivity contribution in [1.29, 1.82) is 0 Å². The van der Waals surface area contributed by atoms with Crippen molar-refractivity contribution < 1.29 is 14.7 Å². The van der Waals surface area contributed by atoms with Crippen LogP contribution in [0.3, 0.4) is 0 Å². The van der Waals surface area contributed by atoms with Gasteiger partial charge in [-0.3, -0.25) is 9.78 Å². The highest BCUT2D eigenvalue weighted by Gasteiger charge is 2.24. The van der Waals surface area contributed by atoms with Gasteiger partial charge in [0.15, 0.2) is 0 Å². The van der Waals surface area contributed by atoms with E-state index in [0.29, 0.717) is 23.4 Å². The lowest BCUT2D eigenvalue weighted by Gasteiger charge is -2.13. The van der Waals surface area contributed by atoms with Crippen molar-refractivity contribution in [3.63, 3.8) is 0 Å². The fraction of sp³-hybridized carbons (Fsp3) is 0.0385. The van der Waals surface area contributed by atoms with Gasteiger partial charge in [0.25, 0.3) is 5.91 Å². The number of carbonyl (C=O) groups excluding carboxylic acids is 1. The molecule has 0 bridgehead atoms. The number of carboxylic acid groups (broad SMARTS) is 1. The van der Waals surface area contributed by atoms with Gasteiger partial charge in [-0.25, -0.2) is 4.79 Å². The summed E-state index contributed by atoms with van der Waals surface area (Å²) in [6.45, 7) is 0. The predicted molar refractivity (Wildman–Crippen MR) is 119 cm³/mol. The van der Waals surface area contributed by atoms with E-state index >= 15 is 0 Å². The first-order valence-corrected chi connectivity index (χ1v) is 9.92. The molecule has 0 fully saturated rings. The molecule has 1 aliphatic carbocycles. The molecule has 4 aromatic rings. The number of aromatic carboxylic acids is 1. The summed E-state index contributed by atoms with van der Waals surface area (Å²) >= 11 is 0. The number of hydrogen-bond donors (Lipinski definition) is 2. The van der Waals surface area contributed by atoms with Crippen molar-refractivity contribution >= 4 is 17.6 Å². The first-order valence-electron chi connectivity index (χ1n) is 9.92. The highest BCUT2D eigenvalue weighted by molar-refractivity contribution is 6.09. The van der Waals surface area contributed by atoms with Gasteiger partial charge in [0.1, 0.15) is 0 Å². The van der Waals surface area contributed by atoms with Crippen LogP contribution in [0.5, 0.6) is 0 Å². The van der Waals surface area contributed by atoms with Crippen molar-refractivity contribution in [3.8, 4) is 22.4 Å². The molecule has 31 heavy (non-hydrogen) atoms. The lowest BCUT2D eigenvalue weighted by Crippen LogP contribution is -2.16. The van der Waals surface area contributed by atoms with E-state index in [2.05, 4.69) is 22.4 Å². The molecule has 3 aromatic carbocycles. The molecule has 0 aliphatic heterocycles. The summed E-state index contributed by atoms with van der Waals surface area (Å²) in [5.74, 6) is -1.38. The molecule has 0 spiro atoms. The van der Waals surface area contributed by atoms with Crippen LogP contribution in [0.2, 0.25) is 0 Å². The average molecular weight is 406 g/mol. The lowest BCUT2D eigenvalue weighted by molar-refractivity contribution is 0.0696. The third-order valence-corrected chi connectivity index (χ3v) is 5.53. The number of carboxylic acids is 1. The minimum Gasteiger partial charge on any atom is -0.478 e. The van der Waals surface area contributed by atoms with Crippen molar-refractivity contribution in [2.45, 2.75) is 6.42 Å². The summed E-state index contributed by atoms with van der Waals surface area (Å²) in [4.78, 5) is 29.1. The molecule has 0 atom stereocenters.